The third-order valence-electron chi connectivity index (χ3n) is 2.67. The predicted octanol–water partition coefficient (Wildman–Crippen LogP) is 2.62. The number of sulfonamides is 1. The molecule has 1 aromatic heterocycles. The maximum atomic E-state index is 12.2. The Balaban J connectivity index is 2.21. The molecule has 106 valence electrons. The Kier molecular flexibility index (Phi) is 4.24. The highest BCUT2D eigenvalue weighted by Crippen LogP contribution is 2.18. The standard InChI is InChI=1S/C14H17N3O2S/c1-3-16-12-4-6-14(7-5-12)20(18,19)17-13-8-11(2)9-15-10-13/h4-10,16-17H,3H2,1-2H3. The summed E-state index contributed by atoms with van der Waals surface area (Å²) in [5, 5.41) is 3.12. The number of hydrogen-bond acceptors (Lipinski definition) is 4. The maximum Gasteiger partial charge on any atom is 0.261 e. The van der Waals surface area contributed by atoms with Crippen LogP contribution in [0.1, 0.15) is 12.5 Å². The Bertz CT molecular complexity index is 682. The Hall–Kier alpha value is -2.08. The van der Waals surface area contributed by atoms with Crippen LogP contribution in [0.3, 0.4) is 0 Å². The van der Waals surface area contributed by atoms with E-state index in [1.807, 2.05) is 13.8 Å². The van der Waals surface area contributed by atoms with E-state index in [9.17, 15) is 8.42 Å². The molecular weight excluding hydrogens is 274 g/mol. The van der Waals surface area contributed by atoms with Crippen LogP contribution in [0.15, 0.2) is 47.6 Å². The summed E-state index contributed by atoms with van der Waals surface area (Å²) in [6.07, 6.45) is 3.15. The Morgan fingerprint density at radius 3 is 2.40 bits per heavy atom. The van der Waals surface area contributed by atoms with Gasteiger partial charge in [0.25, 0.3) is 10.0 Å². The maximum absolute atomic E-state index is 12.2. The fraction of sp³-hybridized carbons (Fsp3) is 0.214. The lowest BCUT2D eigenvalue weighted by Crippen LogP contribution is -2.13. The number of aryl methyl sites for hydroxylation is 1. The number of hydrogen-bond donors (Lipinski definition) is 2. The highest BCUT2D eigenvalue weighted by molar-refractivity contribution is 7.92. The summed E-state index contributed by atoms with van der Waals surface area (Å²) in [6.45, 7) is 4.63. The topological polar surface area (TPSA) is 71.1 Å². The van der Waals surface area contributed by atoms with Gasteiger partial charge in [-0.15, -0.1) is 0 Å². The first-order valence-corrected chi connectivity index (χ1v) is 7.78. The van der Waals surface area contributed by atoms with Crippen LogP contribution < -0.4 is 10.0 Å². The largest absolute Gasteiger partial charge is 0.385 e. The molecule has 0 atom stereocenters. The van der Waals surface area contributed by atoms with Crippen LogP contribution >= 0.6 is 0 Å². The summed E-state index contributed by atoms with van der Waals surface area (Å²) < 4.78 is 27.0. The Morgan fingerprint density at radius 1 is 1.10 bits per heavy atom. The number of benzene rings is 1. The lowest BCUT2D eigenvalue weighted by Gasteiger charge is -2.09. The van der Waals surface area contributed by atoms with Crippen molar-refractivity contribution >= 4 is 21.4 Å². The highest BCUT2D eigenvalue weighted by atomic mass is 32.2. The van der Waals surface area contributed by atoms with Gasteiger partial charge in [0.05, 0.1) is 16.8 Å². The summed E-state index contributed by atoms with van der Waals surface area (Å²) in [5.41, 5.74) is 2.25. The molecule has 0 spiro atoms. The number of nitrogens with one attached hydrogen (secondary N) is 2. The fourth-order valence-corrected chi connectivity index (χ4v) is 2.82. The van der Waals surface area contributed by atoms with Crippen molar-refractivity contribution < 1.29 is 8.42 Å². The lowest BCUT2D eigenvalue weighted by molar-refractivity contribution is 0.601. The third-order valence-corrected chi connectivity index (χ3v) is 4.07. The van der Waals surface area contributed by atoms with Gasteiger partial charge in [0, 0.05) is 18.4 Å². The van der Waals surface area contributed by atoms with Crippen molar-refractivity contribution in [1.82, 2.24) is 4.98 Å². The van der Waals surface area contributed by atoms with Gasteiger partial charge in [-0.05, 0) is 49.7 Å². The van der Waals surface area contributed by atoms with Crippen molar-refractivity contribution in [2.45, 2.75) is 18.7 Å². The van der Waals surface area contributed by atoms with Crippen molar-refractivity contribution in [3.8, 4) is 0 Å². The van der Waals surface area contributed by atoms with Crippen LogP contribution in [0.5, 0.6) is 0 Å². The van der Waals surface area contributed by atoms with Gasteiger partial charge in [-0.25, -0.2) is 8.42 Å². The van der Waals surface area contributed by atoms with Gasteiger partial charge in [-0.2, -0.15) is 0 Å². The first-order valence-electron chi connectivity index (χ1n) is 6.29. The molecule has 0 saturated heterocycles. The number of rotatable bonds is 5. The van der Waals surface area contributed by atoms with Gasteiger partial charge < -0.3 is 5.32 Å². The van der Waals surface area contributed by atoms with E-state index in [2.05, 4.69) is 15.0 Å². The summed E-state index contributed by atoms with van der Waals surface area (Å²) in [5.74, 6) is 0. The number of anilines is 2. The average Bonchev–Trinajstić information content (AvgIpc) is 2.39. The van der Waals surface area contributed by atoms with Crippen molar-refractivity contribution in [3.63, 3.8) is 0 Å². The van der Waals surface area contributed by atoms with Gasteiger partial charge in [0.15, 0.2) is 0 Å². The smallest absolute Gasteiger partial charge is 0.261 e. The minimum atomic E-state index is -3.58. The quantitative estimate of drug-likeness (QED) is 0.888. The van der Waals surface area contributed by atoms with Crippen molar-refractivity contribution in [2.24, 2.45) is 0 Å². The first kappa shape index (κ1) is 14.3. The van der Waals surface area contributed by atoms with Gasteiger partial charge >= 0.3 is 0 Å². The molecule has 0 bridgehead atoms. The minimum absolute atomic E-state index is 0.223. The minimum Gasteiger partial charge on any atom is -0.385 e. The zero-order chi connectivity index (χ0) is 14.6. The molecule has 2 N–H and O–H groups in total. The van der Waals surface area contributed by atoms with Crippen LogP contribution in [0, 0.1) is 6.92 Å². The molecule has 0 radical (unpaired) electrons. The van der Waals surface area contributed by atoms with E-state index in [0.29, 0.717) is 5.69 Å². The van der Waals surface area contributed by atoms with E-state index >= 15 is 0 Å². The molecule has 2 rings (SSSR count). The van der Waals surface area contributed by atoms with Crippen LogP contribution in [0.25, 0.3) is 0 Å². The molecule has 6 heteroatoms. The van der Waals surface area contributed by atoms with Crippen molar-refractivity contribution in [3.05, 3.63) is 48.3 Å². The molecule has 0 amide bonds. The van der Waals surface area contributed by atoms with E-state index < -0.39 is 10.0 Å². The van der Waals surface area contributed by atoms with E-state index in [1.165, 1.54) is 6.20 Å². The predicted molar refractivity (Wildman–Crippen MR) is 80.4 cm³/mol. The van der Waals surface area contributed by atoms with Crippen LogP contribution in [0.2, 0.25) is 0 Å². The summed E-state index contributed by atoms with van der Waals surface area (Å²) in [6, 6.07) is 8.36. The summed E-state index contributed by atoms with van der Waals surface area (Å²) in [7, 11) is -3.58. The second kappa shape index (κ2) is 5.92. The zero-order valence-corrected chi connectivity index (χ0v) is 12.2. The number of aromatic nitrogens is 1. The SMILES string of the molecule is CCNc1ccc(S(=O)(=O)Nc2cncc(C)c2)cc1. The van der Waals surface area contributed by atoms with E-state index in [-0.39, 0.29) is 4.90 Å². The second-order valence-electron chi connectivity index (χ2n) is 4.41. The molecule has 5 nitrogen and oxygen atoms in total. The Morgan fingerprint density at radius 2 is 1.80 bits per heavy atom. The molecule has 0 aliphatic carbocycles. The summed E-state index contributed by atoms with van der Waals surface area (Å²) >= 11 is 0. The van der Waals surface area contributed by atoms with Crippen LogP contribution in [0.4, 0.5) is 11.4 Å². The zero-order valence-electron chi connectivity index (χ0n) is 11.4. The molecule has 0 aliphatic heterocycles. The summed E-state index contributed by atoms with van der Waals surface area (Å²) in [4.78, 5) is 4.19. The van der Waals surface area contributed by atoms with E-state index in [4.69, 9.17) is 0 Å². The van der Waals surface area contributed by atoms with Crippen molar-refractivity contribution in [2.75, 3.05) is 16.6 Å². The van der Waals surface area contributed by atoms with E-state index in [0.717, 1.165) is 17.8 Å². The van der Waals surface area contributed by atoms with Crippen molar-refractivity contribution in [1.29, 1.82) is 0 Å². The molecule has 0 fully saturated rings. The first-order chi connectivity index (χ1) is 9.51. The van der Waals surface area contributed by atoms with Gasteiger partial charge in [-0.1, -0.05) is 0 Å². The average molecular weight is 291 g/mol. The molecule has 2 aromatic rings. The van der Waals surface area contributed by atoms with Crippen LogP contribution in [-0.2, 0) is 10.0 Å². The van der Waals surface area contributed by atoms with Gasteiger partial charge in [-0.3, -0.25) is 9.71 Å². The molecule has 0 saturated carbocycles. The monoisotopic (exact) mass is 291 g/mol. The van der Waals surface area contributed by atoms with Crippen LogP contribution in [-0.4, -0.2) is 19.9 Å². The molecule has 1 heterocycles. The molecule has 20 heavy (non-hydrogen) atoms. The van der Waals surface area contributed by atoms with Gasteiger partial charge in [0.1, 0.15) is 0 Å². The molecule has 0 unspecified atom stereocenters. The van der Waals surface area contributed by atoms with E-state index in [1.54, 1.807) is 36.5 Å². The normalized spacial score (nSPS) is 11.1. The number of nitrogens with zero attached hydrogens (tertiary/aromatic N) is 1. The lowest BCUT2D eigenvalue weighted by atomic mass is 10.3. The molecule has 1 aromatic carbocycles. The highest BCUT2D eigenvalue weighted by Gasteiger charge is 2.14. The Labute approximate surface area is 119 Å². The second-order valence-corrected chi connectivity index (χ2v) is 6.09. The molecule has 0 aliphatic rings. The molecular formula is C14H17N3O2S. The number of pyridine rings is 1. The fourth-order valence-electron chi connectivity index (χ4n) is 1.78. The third kappa shape index (κ3) is 3.48. The van der Waals surface area contributed by atoms with Gasteiger partial charge in [0.2, 0.25) is 0 Å².